The molecule has 0 radical (unpaired) electrons. The lowest BCUT2D eigenvalue weighted by molar-refractivity contribution is 0.0747. The number of amides is 1. The summed E-state index contributed by atoms with van der Waals surface area (Å²) in [5, 5.41) is 0. The third-order valence-corrected chi connectivity index (χ3v) is 3.35. The Hall–Kier alpha value is -2.23. The number of nitrogens with zero attached hydrogens (tertiary/aromatic N) is 1. The fraction of sp³-hybridized carbons (Fsp3) is 0.235. The molecule has 0 fully saturated rings. The minimum absolute atomic E-state index is 0.0493. The zero-order chi connectivity index (χ0) is 15.4. The molecule has 2 aromatic rings. The van der Waals surface area contributed by atoms with E-state index in [1.165, 1.54) is 23.1 Å². The number of benzene rings is 2. The van der Waals surface area contributed by atoms with Crippen LogP contribution in [0.5, 0.6) is 0 Å². The van der Waals surface area contributed by atoms with Gasteiger partial charge < -0.3 is 4.90 Å². The second kappa shape index (κ2) is 6.48. The van der Waals surface area contributed by atoms with Crippen LogP contribution in [0.15, 0.2) is 42.5 Å². The Morgan fingerprint density at radius 1 is 1.14 bits per heavy atom. The third kappa shape index (κ3) is 3.45. The molecule has 4 heteroatoms. The number of hydrogen-bond acceptors (Lipinski definition) is 1. The zero-order valence-electron chi connectivity index (χ0n) is 12.1. The van der Waals surface area contributed by atoms with Gasteiger partial charge in [-0.1, -0.05) is 24.3 Å². The van der Waals surface area contributed by atoms with Crippen LogP contribution in [0.25, 0.3) is 0 Å². The summed E-state index contributed by atoms with van der Waals surface area (Å²) in [5.74, 6) is -1.24. The summed E-state index contributed by atoms with van der Waals surface area (Å²) in [6, 6.07) is 10.8. The molecule has 0 aliphatic carbocycles. The molecule has 110 valence electrons. The first-order valence-electron chi connectivity index (χ1n) is 6.81. The fourth-order valence-electron chi connectivity index (χ4n) is 2.17. The molecule has 0 atom stereocenters. The molecule has 2 nitrogen and oxygen atoms in total. The van der Waals surface area contributed by atoms with E-state index >= 15 is 0 Å². The summed E-state index contributed by atoms with van der Waals surface area (Å²) in [4.78, 5) is 13.9. The summed E-state index contributed by atoms with van der Waals surface area (Å²) in [5.41, 5.74) is 1.16. The maximum Gasteiger partial charge on any atom is 0.257 e. The monoisotopic (exact) mass is 289 g/mol. The van der Waals surface area contributed by atoms with Crippen molar-refractivity contribution in [3.63, 3.8) is 0 Å². The first-order chi connectivity index (χ1) is 10.0. The van der Waals surface area contributed by atoms with Crippen molar-refractivity contribution < 1.29 is 13.6 Å². The van der Waals surface area contributed by atoms with E-state index in [0.717, 1.165) is 0 Å². The van der Waals surface area contributed by atoms with E-state index in [4.69, 9.17) is 0 Å². The minimum Gasteiger partial charge on any atom is -0.335 e. The van der Waals surface area contributed by atoms with Gasteiger partial charge in [0.05, 0.1) is 5.56 Å². The van der Waals surface area contributed by atoms with Gasteiger partial charge in [-0.2, -0.15) is 0 Å². The number of carbonyl (C=O) groups excluding carboxylic acids is 1. The molecule has 0 saturated carbocycles. The Morgan fingerprint density at radius 2 is 1.86 bits per heavy atom. The molecule has 2 rings (SSSR count). The standard InChI is InChI=1S/C17H17F2NO/c1-3-20(11-13-7-5-8-14(18)10-13)17(21)15-9-4-6-12(2)16(15)19/h4-10H,3,11H2,1-2H3. The molecular weight excluding hydrogens is 272 g/mol. The predicted octanol–water partition coefficient (Wildman–Crippen LogP) is 3.94. The molecule has 0 spiro atoms. The van der Waals surface area contributed by atoms with Crippen molar-refractivity contribution in [2.45, 2.75) is 20.4 Å². The molecule has 0 saturated heterocycles. The fourth-order valence-corrected chi connectivity index (χ4v) is 2.17. The van der Waals surface area contributed by atoms with E-state index in [0.29, 0.717) is 17.7 Å². The molecule has 0 aliphatic heterocycles. The van der Waals surface area contributed by atoms with Gasteiger partial charge in [-0.15, -0.1) is 0 Å². The first-order valence-corrected chi connectivity index (χ1v) is 6.81. The minimum atomic E-state index is -0.500. The molecule has 0 unspecified atom stereocenters. The Bertz CT molecular complexity index is 655. The SMILES string of the molecule is CCN(Cc1cccc(F)c1)C(=O)c1cccc(C)c1F. The molecule has 0 heterocycles. The maximum atomic E-state index is 14.0. The summed E-state index contributed by atoms with van der Waals surface area (Å²) < 4.78 is 27.2. The van der Waals surface area contributed by atoms with Gasteiger partial charge in [0, 0.05) is 13.1 Å². The zero-order valence-corrected chi connectivity index (χ0v) is 12.1. The van der Waals surface area contributed by atoms with E-state index in [-0.39, 0.29) is 23.8 Å². The molecule has 1 amide bonds. The van der Waals surface area contributed by atoms with Crippen molar-refractivity contribution in [3.8, 4) is 0 Å². The maximum absolute atomic E-state index is 14.0. The van der Waals surface area contributed by atoms with Gasteiger partial charge in [-0.25, -0.2) is 8.78 Å². The Labute approximate surface area is 123 Å². The normalized spacial score (nSPS) is 10.5. The third-order valence-electron chi connectivity index (χ3n) is 3.35. The van der Waals surface area contributed by atoms with Gasteiger partial charge in [-0.05, 0) is 43.2 Å². The second-order valence-corrected chi connectivity index (χ2v) is 4.89. The van der Waals surface area contributed by atoms with Crippen LogP contribution in [0.4, 0.5) is 8.78 Å². The lowest BCUT2D eigenvalue weighted by atomic mass is 10.1. The van der Waals surface area contributed by atoms with Crippen LogP contribution in [0.2, 0.25) is 0 Å². The van der Waals surface area contributed by atoms with Crippen molar-refractivity contribution in [2.24, 2.45) is 0 Å². The molecular formula is C17H17F2NO. The van der Waals surface area contributed by atoms with E-state index in [2.05, 4.69) is 0 Å². The van der Waals surface area contributed by atoms with E-state index in [1.807, 2.05) is 6.92 Å². The quantitative estimate of drug-likeness (QED) is 0.835. The van der Waals surface area contributed by atoms with Crippen LogP contribution in [-0.4, -0.2) is 17.4 Å². The molecule has 21 heavy (non-hydrogen) atoms. The number of hydrogen-bond donors (Lipinski definition) is 0. The highest BCUT2D eigenvalue weighted by Crippen LogP contribution is 2.16. The Balaban J connectivity index is 2.25. The second-order valence-electron chi connectivity index (χ2n) is 4.89. The highest BCUT2D eigenvalue weighted by atomic mass is 19.1. The average Bonchev–Trinajstić information content (AvgIpc) is 2.47. The van der Waals surface area contributed by atoms with Gasteiger partial charge in [0.15, 0.2) is 0 Å². The highest BCUT2D eigenvalue weighted by molar-refractivity contribution is 5.94. The first kappa shape index (κ1) is 15.2. The summed E-state index contributed by atoms with van der Waals surface area (Å²) >= 11 is 0. The van der Waals surface area contributed by atoms with Crippen molar-refractivity contribution in [3.05, 3.63) is 70.8 Å². The Morgan fingerprint density at radius 3 is 2.52 bits per heavy atom. The van der Waals surface area contributed by atoms with Crippen LogP contribution in [-0.2, 0) is 6.54 Å². The van der Waals surface area contributed by atoms with Crippen LogP contribution < -0.4 is 0 Å². The van der Waals surface area contributed by atoms with E-state index < -0.39 is 5.82 Å². The predicted molar refractivity (Wildman–Crippen MR) is 78.0 cm³/mol. The van der Waals surface area contributed by atoms with Crippen molar-refractivity contribution >= 4 is 5.91 Å². The van der Waals surface area contributed by atoms with Crippen LogP contribution >= 0.6 is 0 Å². The number of aryl methyl sites for hydroxylation is 1. The van der Waals surface area contributed by atoms with Gasteiger partial charge >= 0.3 is 0 Å². The molecule has 0 bridgehead atoms. The van der Waals surface area contributed by atoms with Gasteiger partial charge in [0.2, 0.25) is 0 Å². The summed E-state index contributed by atoms with van der Waals surface area (Å²) in [6.07, 6.45) is 0. The van der Waals surface area contributed by atoms with Gasteiger partial charge in [0.25, 0.3) is 5.91 Å². The van der Waals surface area contributed by atoms with E-state index in [9.17, 15) is 13.6 Å². The summed E-state index contributed by atoms with van der Waals surface area (Å²) in [7, 11) is 0. The average molecular weight is 289 g/mol. The molecule has 0 N–H and O–H groups in total. The molecule has 2 aromatic carbocycles. The van der Waals surface area contributed by atoms with Gasteiger partial charge in [-0.3, -0.25) is 4.79 Å². The van der Waals surface area contributed by atoms with Crippen LogP contribution in [0, 0.1) is 18.6 Å². The summed E-state index contributed by atoms with van der Waals surface area (Å²) in [6.45, 7) is 4.10. The largest absolute Gasteiger partial charge is 0.335 e. The van der Waals surface area contributed by atoms with Crippen molar-refractivity contribution in [1.29, 1.82) is 0 Å². The van der Waals surface area contributed by atoms with Crippen LogP contribution in [0.3, 0.4) is 0 Å². The van der Waals surface area contributed by atoms with E-state index in [1.54, 1.807) is 31.2 Å². The topological polar surface area (TPSA) is 20.3 Å². The lowest BCUT2D eigenvalue weighted by Crippen LogP contribution is -2.31. The molecule has 0 aliphatic rings. The van der Waals surface area contributed by atoms with Crippen LogP contribution in [0.1, 0.15) is 28.4 Å². The number of rotatable bonds is 4. The molecule has 0 aromatic heterocycles. The lowest BCUT2D eigenvalue weighted by Gasteiger charge is -2.21. The van der Waals surface area contributed by atoms with Crippen molar-refractivity contribution in [2.75, 3.05) is 6.54 Å². The smallest absolute Gasteiger partial charge is 0.257 e. The van der Waals surface area contributed by atoms with Gasteiger partial charge in [0.1, 0.15) is 11.6 Å². The number of carbonyl (C=O) groups is 1. The highest BCUT2D eigenvalue weighted by Gasteiger charge is 2.19. The number of halogens is 2. The Kier molecular flexibility index (Phi) is 4.68. The van der Waals surface area contributed by atoms with Crippen molar-refractivity contribution in [1.82, 2.24) is 4.90 Å².